The highest BCUT2D eigenvalue weighted by molar-refractivity contribution is 5.98. The minimum atomic E-state index is -0.861. The molecule has 2 heterocycles. The Balaban J connectivity index is 1.76. The van der Waals surface area contributed by atoms with Crippen molar-refractivity contribution in [1.82, 2.24) is 4.98 Å². The van der Waals surface area contributed by atoms with Gasteiger partial charge < -0.3 is 20.2 Å². The molecule has 2 aromatic rings. The molecular weight excluding hydrogens is 270 g/mol. The molecule has 1 aliphatic heterocycles. The minimum absolute atomic E-state index is 0.180. The molecule has 3 rings (SSSR count). The maximum atomic E-state index is 12.4. The molecule has 0 spiro atoms. The standard InChI is InChI=1S/C15H17N3O3/c16-15(4-6-20-7-5-15)14(19)18-12-3-1-2-11(8-12)13-9-17-10-21-13/h1-3,8-10H,4-7,16H2,(H,18,19). The van der Waals surface area contributed by atoms with E-state index in [-0.39, 0.29) is 5.91 Å². The predicted octanol–water partition coefficient (Wildman–Crippen LogP) is 1.79. The molecule has 1 aliphatic rings. The Labute approximate surface area is 122 Å². The molecule has 0 radical (unpaired) electrons. The predicted molar refractivity (Wildman–Crippen MR) is 77.5 cm³/mol. The molecule has 110 valence electrons. The summed E-state index contributed by atoms with van der Waals surface area (Å²) in [6.45, 7) is 1.03. The summed E-state index contributed by atoms with van der Waals surface area (Å²) >= 11 is 0. The van der Waals surface area contributed by atoms with Crippen LogP contribution in [-0.4, -0.2) is 29.6 Å². The SMILES string of the molecule is NC1(C(=O)Nc2cccc(-c3cnco3)c2)CCOCC1. The second-order valence-corrected chi connectivity index (χ2v) is 5.17. The van der Waals surface area contributed by atoms with Crippen LogP contribution in [0.2, 0.25) is 0 Å². The van der Waals surface area contributed by atoms with Gasteiger partial charge in [0.15, 0.2) is 12.2 Å². The van der Waals surface area contributed by atoms with Crippen molar-refractivity contribution in [3.05, 3.63) is 36.9 Å². The molecule has 0 bridgehead atoms. The highest BCUT2D eigenvalue weighted by Crippen LogP contribution is 2.24. The first kappa shape index (κ1) is 13.8. The van der Waals surface area contributed by atoms with Gasteiger partial charge in [-0.05, 0) is 25.0 Å². The number of oxazole rings is 1. The molecule has 1 saturated heterocycles. The van der Waals surface area contributed by atoms with Gasteiger partial charge in [0.1, 0.15) is 5.54 Å². The summed E-state index contributed by atoms with van der Waals surface area (Å²) in [5.41, 5.74) is 6.84. The van der Waals surface area contributed by atoms with Crippen molar-refractivity contribution in [2.45, 2.75) is 18.4 Å². The van der Waals surface area contributed by atoms with Gasteiger partial charge in [0.25, 0.3) is 0 Å². The molecule has 1 fully saturated rings. The van der Waals surface area contributed by atoms with Crippen LogP contribution in [0.15, 0.2) is 41.3 Å². The Hall–Kier alpha value is -2.18. The van der Waals surface area contributed by atoms with Crippen LogP contribution in [0.25, 0.3) is 11.3 Å². The van der Waals surface area contributed by atoms with Gasteiger partial charge in [-0.15, -0.1) is 0 Å². The molecule has 1 aromatic carbocycles. The number of anilines is 1. The van der Waals surface area contributed by atoms with Gasteiger partial charge >= 0.3 is 0 Å². The number of rotatable bonds is 3. The number of benzene rings is 1. The number of nitrogens with zero attached hydrogens (tertiary/aromatic N) is 1. The highest BCUT2D eigenvalue weighted by atomic mass is 16.5. The minimum Gasteiger partial charge on any atom is -0.444 e. The van der Waals surface area contributed by atoms with E-state index < -0.39 is 5.54 Å². The second-order valence-electron chi connectivity index (χ2n) is 5.17. The molecule has 1 amide bonds. The number of aromatic nitrogens is 1. The largest absolute Gasteiger partial charge is 0.444 e. The van der Waals surface area contributed by atoms with Crippen molar-refractivity contribution in [3.63, 3.8) is 0 Å². The van der Waals surface area contributed by atoms with Gasteiger partial charge in [0, 0.05) is 24.5 Å². The molecule has 6 nitrogen and oxygen atoms in total. The molecule has 0 unspecified atom stereocenters. The topological polar surface area (TPSA) is 90.4 Å². The summed E-state index contributed by atoms with van der Waals surface area (Å²) in [5.74, 6) is 0.472. The number of ether oxygens (including phenoxy) is 1. The number of nitrogens with one attached hydrogen (secondary N) is 1. The van der Waals surface area contributed by atoms with E-state index in [9.17, 15) is 4.79 Å². The Bertz CT molecular complexity index is 619. The van der Waals surface area contributed by atoms with Gasteiger partial charge in [-0.3, -0.25) is 4.79 Å². The van der Waals surface area contributed by atoms with E-state index in [1.165, 1.54) is 6.39 Å². The van der Waals surface area contributed by atoms with Crippen LogP contribution in [0.1, 0.15) is 12.8 Å². The van der Waals surface area contributed by atoms with Gasteiger partial charge in [-0.2, -0.15) is 0 Å². The average Bonchev–Trinajstić information content (AvgIpc) is 3.02. The third-order valence-electron chi connectivity index (χ3n) is 3.67. The zero-order valence-corrected chi connectivity index (χ0v) is 11.5. The van der Waals surface area contributed by atoms with Crippen LogP contribution in [0.4, 0.5) is 5.69 Å². The summed E-state index contributed by atoms with van der Waals surface area (Å²) in [4.78, 5) is 16.2. The smallest absolute Gasteiger partial charge is 0.244 e. The van der Waals surface area contributed by atoms with E-state index in [0.29, 0.717) is 37.5 Å². The van der Waals surface area contributed by atoms with Crippen molar-refractivity contribution in [2.75, 3.05) is 18.5 Å². The Morgan fingerprint density at radius 1 is 1.33 bits per heavy atom. The molecule has 1 aromatic heterocycles. The normalized spacial score (nSPS) is 17.4. The van der Waals surface area contributed by atoms with E-state index in [0.717, 1.165) is 5.56 Å². The summed E-state index contributed by atoms with van der Waals surface area (Å²) in [6.07, 6.45) is 4.06. The van der Waals surface area contributed by atoms with Crippen molar-refractivity contribution < 1.29 is 13.9 Å². The monoisotopic (exact) mass is 287 g/mol. The maximum Gasteiger partial charge on any atom is 0.244 e. The first-order valence-corrected chi connectivity index (χ1v) is 6.84. The zero-order chi connectivity index (χ0) is 14.7. The van der Waals surface area contributed by atoms with E-state index in [2.05, 4.69) is 10.3 Å². The van der Waals surface area contributed by atoms with Crippen molar-refractivity contribution >= 4 is 11.6 Å². The fourth-order valence-electron chi connectivity index (χ4n) is 2.33. The average molecular weight is 287 g/mol. The quantitative estimate of drug-likeness (QED) is 0.898. The van der Waals surface area contributed by atoms with E-state index in [4.69, 9.17) is 14.9 Å². The number of nitrogens with two attached hydrogens (primary N) is 1. The van der Waals surface area contributed by atoms with Crippen molar-refractivity contribution in [1.29, 1.82) is 0 Å². The fourth-order valence-corrected chi connectivity index (χ4v) is 2.33. The van der Waals surface area contributed by atoms with E-state index in [1.807, 2.05) is 24.3 Å². The summed E-state index contributed by atoms with van der Waals surface area (Å²) in [7, 11) is 0. The molecule has 0 atom stereocenters. The molecule has 0 saturated carbocycles. The van der Waals surface area contributed by atoms with Crippen LogP contribution in [0.5, 0.6) is 0 Å². The van der Waals surface area contributed by atoms with Crippen LogP contribution < -0.4 is 11.1 Å². The molecule has 6 heteroatoms. The number of carbonyl (C=O) groups excluding carboxylic acids is 1. The van der Waals surface area contributed by atoms with Crippen LogP contribution in [0.3, 0.4) is 0 Å². The van der Waals surface area contributed by atoms with E-state index in [1.54, 1.807) is 6.20 Å². The molecule has 3 N–H and O–H groups in total. The Kier molecular flexibility index (Phi) is 3.72. The van der Waals surface area contributed by atoms with Crippen LogP contribution >= 0.6 is 0 Å². The number of hydrogen-bond acceptors (Lipinski definition) is 5. The van der Waals surface area contributed by atoms with E-state index >= 15 is 0 Å². The number of amides is 1. The Morgan fingerprint density at radius 2 is 2.14 bits per heavy atom. The summed E-state index contributed by atoms with van der Waals surface area (Å²) in [6, 6.07) is 7.39. The highest BCUT2D eigenvalue weighted by Gasteiger charge is 2.35. The lowest BCUT2D eigenvalue weighted by Gasteiger charge is -2.31. The first-order valence-electron chi connectivity index (χ1n) is 6.84. The molecular formula is C15H17N3O3. The van der Waals surface area contributed by atoms with Gasteiger partial charge in [0.2, 0.25) is 5.91 Å². The number of hydrogen-bond donors (Lipinski definition) is 2. The summed E-state index contributed by atoms with van der Waals surface area (Å²) in [5, 5.41) is 2.87. The van der Waals surface area contributed by atoms with Crippen molar-refractivity contribution in [3.8, 4) is 11.3 Å². The third-order valence-corrected chi connectivity index (χ3v) is 3.67. The fraction of sp³-hybridized carbons (Fsp3) is 0.333. The first-order chi connectivity index (χ1) is 10.2. The van der Waals surface area contributed by atoms with Crippen LogP contribution in [0, 0.1) is 0 Å². The molecule has 21 heavy (non-hydrogen) atoms. The number of carbonyl (C=O) groups is 1. The summed E-state index contributed by atoms with van der Waals surface area (Å²) < 4.78 is 10.5. The molecule has 0 aliphatic carbocycles. The lowest BCUT2D eigenvalue weighted by atomic mass is 9.90. The van der Waals surface area contributed by atoms with Gasteiger partial charge in [-0.1, -0.05) is 12.1 Å². The zero-order valence-electron chi connectivity index (χ0n) is 11.5. The van der Waals surface area contributed by atoms with Crippen molar-refractivity contribution in [2.24, 2.45) is 5.73 Å². The second kappa shape index (κ2) is 5.67. The van der Waals surface area contributed by atoms with Crippen LogP contribution in [-0.2, 0) is 9.53 Å². The van der Waals surface area contributed by atoms with Gasteiger partial charge in [0.05, 0.1) is 6.20 Å². The maximum absolute atomic E-state index is 12.4. The lowest BCUT2D eigenvalue weighted by molar-refractivity contribution is -0.124. The lowest BCUT2D eigenvalue weighted by Crippen LogP contribution is -2.54. The Morgan fingerprint density at radius 3 is 2.86 bits per heavy atom. The third kappa shape index (κ3) is 2.96. The van der Waals surface area contributed by atoms with Gasteiger partial charge in [-0.25, -0.2) is 4.98 Å².